The smallest absolute Gasteiger partial charge is 0.325 e. The first kappa shape index (κ1) is 17.5. The average Bonchev–Trinajstić information content (AvgIpc) is 2.80. The lowest BCUT2D eigenvalue weighted by atomic mass is 9.94. The van der Waals surface area contributed by atoms with Crippen molar-refractivity contribution in [2.75, 3.05) is 19.7 Å². The molecule has 21 heavy (non-hydrogen) atoms. The Morgan fingerprint density at radius 1 is 1.19 bits per heavy atom. The van der Waals surface area contributed by atoms with Crippen LogP contribution in [-0.4, -0.2) is 47.5 Å². The van der Waals surface area contributed by atoms with Crippen molar-refractivity contribution in [1.82, 2.24) is 4.90 Å². The van der Waals surface area contributed by atoms with Crippen LogP contribution in [0.25, 0.3) is 0 Å². The number of hydrogen-bond acceptors (Lipinski definition) is 4. The molecule has 0 aromatic rings. The lowest BCUT2D eigenvalue weighted by Crippen LogP contribution is -2.42. The standard InChI is InChI=1S/C15H25NO5/c1-4-6-16(9-13(17)21-5-2)14(18)11-7-10(3)8-12(11)15(19)20/h10-12H,4-9H2,1-3H3,(H,19,20)/t10?,11-,12+/m0/s1. The van der Waals surface area contributed by atoms with Gasteiger partial charge in [0.25, 0.3) is 0 Å². The first-order chi connectivity index (χ1) is 9.90. The molecule has 1 unspecified atom stereocenters. The van der Waals surface area contributed by atoms with Crippen LogP contribution < -0.4 is 0 Å². The Labute approximate surface area is 125 Å². The van der Waals surface area contributed by atoms with Gasteiger partial charge < -0.3 is 14.7 Å². The molecule has 6 nitrogen and oxygen atoms in total. The Kier molecular flexibility index (Phi) is 6.65. The molecule has 0 spiro atoms. The van der Waals surface area contributed by atoms with Crippen molar-refractivity contribution in [1.29, 1.82) is 0 Å². The van der Waals surface area contributed by atoms with Crippen LogP contribution in [0.1, 0.15) is 40.0 Å². The minimum Gasteiger partial charge on any atom is -0.481 e. The molecule has 0 heterocycles. The monoisotopic (exact) mass is 299 g/mol. The maximum Gasteiger partial charge on any atom is 0.325 e. The van der Waals surface area contributed by atoms with Crippen LogP contribution in [0, 0.1) is 17.8 Å². The van der Waals surface area contributed by atoms with E-state index in [-0.39, 0.29) is 25.0 Å². The molecule has 1 aliphatic rings. The molecule has 0 bridgehead atoms. The van der Waals surface area contributed by atoms with E-state index >= 15 is 0 Å². The summed E-state index contributed by atoms with van der Waals surface area (Å²) in [6.45, 7) is 6.19. The number of amides is 1. The minimum absolute atomic E-state index is 0.0995. The summed E-state index contributed by atoms with van der Waals surface area (Å²) in [5.74, 6) is -2.57. The van der Waals surface area contributed by atoms with Crippen LogP contribution in [0.2, 0.25) is 0 Å². The normalized spacial score (nSPS) is 24.6. The fraction of sp³-hybridized carbons (Fsp3) is 0.800. The first-order valence-electron chi connectivity index (χ1n) is 7.57. The highest BCUT2D eigenvalue weighted by Crippen LogP contribution is 2.37. The molecule has 1 amide bonds. The highest BCUT2D eigenvalue weighted by atomic mass is 16.5. The molecular formula is C15H25NO5. The Hall–Kier alpha value is -1.59. The minimum atomic E-state index is -0.926. The summed E-state index contributed by atoms with van der Waals surface area (Å²) >= 11 is 0. The van der Waals surface area contributed by atoms with Crippen molar-refractivity contribution in [3.63, 3.8) is 0 Å². The molecule has 1 N–H and O–H groups in total. The van der Waals surface area contributed by atoms with Gasteiger partial charge in [0.1, 0.15) is 6.54 Å². The van der Waals surface area contributed by atoms with Gasteiger partial charge in [-0.25, -0.2) is 0 Å². The predicted molar refractivity (Wildman–Crippen MR) is 76.5 cm³/mol. The van der Waals surface area contributed by atoms with Gasteiger partial charge in [-0.1, -0.05) is 13.8 Å². The van der Waals surface area contributed by atoms with Gasteiger partial charge in [-0.05, 0) is 32.1 Å². The maximum atomic E-state index is 12.6. The number of rotatable bonds is 7. The van der Waals surface area contributed by atoms with E-state index in [0.29, 0.717) is 25.8 Å². The number of carbonyl (C=O) groups is 3. The van der Waals surface area contributed by atoms with E-state index in [4.69, 9.17) is 4.74 Å². The molecule has 1 rings (SSSR count). The second-order valence-corrected chi connectivity index (χ2v) is 5.69. The number of esters is 1. The fourth-order valence-corrected chi connectivity index (χ4v) is 2.97. The van der Waals surface area contributed by atoms with Crippen molar-refractivity contribution in [3.8, 4) is 0 Å². The molecule has 1 aliphatic carbocycles. The van der Waals surface area contributed by atoms with Crippen LogP contribution in [-0.2, 0) is 19.1 Å². The number of ether oxygens (including phenoxy) is 1. The molecule has 1 fully saturated rings. The number of carboxylic acids is 1. The van der Waals surface area contributed by atoms with Gasteiger partial charge in [-0.3, -0.25) is 14.4 Å². The summed E-state index contributed by atoms with van der Waals surface area (Å²) < 4.78 is 4.88. The molecule has 0 radical (unpaired) electrons. The molecule has 1 saturated carbocycles. The van der Waals surface area contributed by atoms with Gasteiger partial charge in [0.15, 0.2) is 0 Å². The van der Waals surface area contributed by atoms with Gasteiger partial charge in [0, 0.05) is 6.54 Å². The molecule has 0 aromatic carbocycles. The molecule has 0 aromatic heterocycles. The second-order valence-electron chi connectivity index (χ2n) is 5.69. The summed E-state index contributed by atoms with van der Waals surface area (Å²) in [5, 5.41) is 9.27. The van der Waals surface area contributed by atoms with Crippen molar-refractivity contribution >= 4 is 17.8 Å². The van der Waals surface area contributed by atoms with E-state index in [1.807, 2.05) is 13.8 Å². The zero-order chi connectivity index (χ0) is 16.0. The molecular weight excluding hydrogens is 274 g/mol. The summed E-state index contributed by atoms with van der Waals surface area (Å²) in [5.41, 5.74) is 0. The summed E-state index contributed by atoms with van der Waals surface area (Å²) in [4.78, 5) is 36.9. The summed E-state index contributed by atoms with van der Waals surface area (Å²) in [7, 11) is 0. The van der Waals surface area contributed by atoms with Gasteiger partial charge in [0.05, 0.1) is 18.4 Å². The van der Waals surface area contributed by atoms with Gasteiger partial charge in [0.2, 0.25) is 5.91 Å². The van der Waals surface area contributed by atoms with E-state index in [0.717, 1.165) is 0 Å². The number of aliphatic carboxylic acids is 1. The third kappa shape index (κ3) is 4.72. The lowest BCUT2D eigenvalue weighted by Gasteiger charge is -2.26. The fourth-order valence-electron chi connectivity index (χ4n) is 2.97. The number of carboxylic acid groups (broad SMARTS) is 1. The average molecular weight is 299 g/mol. The van der Waals surface area contributed by atoms with Crippen molar-refractivity contribution in [2.24, 2.45) is 17.8 Å². The van der Waals surface area contributed by atoms with Gasteiger partial charge in [-0.2, -0.15) is 0 Å². The zero-order valence-corrected chi connectivity index (χ0v) is 13.0. The number of hydrogen-bond donors (Lipinski definition) is 1. The Bertz CT molecular complexity index is 396. The quantitative estimate of drug-likeness (QED) is 0.721. The third-order valence-electron chi connectivity index (χ3n) is 3.86. The summed E-state index contributed by atoms with van der Waals surface area (Å²) in [6, 6.07) is 0. The Balaban J connectivity index is 2.79. The van der Waals surface area contributed by atoms with Crippen molar-refractivity contribution in [2.45, 2.75) is 40.0 Å². The highest BCUT2D eigenvalue weighted by Gasteiger charge is 2.42. The largest absolute Gasteiger partial charge is 0.481 e. The predicted octanol–water partition coefficient (Wildman–Crippen LogP) is 1.53. The van der Waals surface area contributed by atoms with Crippen LogP contribution in [0.3, 0.4) is 0 Å². The van der Waals surface area contributed by atoms with E-state index < -0.39 is 23.8 Å². The van der Waals surface area contributed by atoms with E-state index in [1.165, 1.54) is 4.90 Å². The van der Waals surface area contributed by atoms with Gasteiger partial charge in [-0.15, -0.1) is 0 Å². The highest BCUT2D eigenvalue weighted by molar-refractivity contribution is 5.87. The van der Waals surface area contributed by atoms with Crippen LogP contribution in [0.5, 0.6) is 0 Å². The van der Waals surface area contributed by atoms with Crippen LogP contribution >= 0.6 is 0 Å². The van der Waals surface area contributed by atoms with E-state index in [2.05, 4.69) is 0 Å². The van der Waals surface area contributed by atoms with Crippen LogP contribution in [0.15, 0.2) is 0 Å². The molecule has 3 atom stereocenters. The molecule has 6 heteroatoms. The topological polar surface area (TPSA) is 83.9 Å². The van der Waals surface area contributed by atoms with Crippen LogP contribution in [0.4, 0.5) is 0 Å². The first-order valence-corrected chi connectivity index (χ1v) is 7.57. The molecule has 0 aliphatic heterocycles. The van der Waals surface area contributed by atoms with Gasteiger partial charge >= 0.3 is 11.9 Å². The van der Waals surface area contributed by atoms with E-state index in [9.17, 15) is 19.5 Å². The third-order valence-corrected chi connectivity index (χ3v) is 3.86. The number of nitrogens with zero attached hydrogens (tertiary/aromatic N) is 1. The zero-order valence-electron chi connectivity index (χ0n) is 13.0. The SMILES string of the molecule is CCCN(CC(=O)OCC)C(=O)[C@H]1CC(C)C[C@H]1C(=O)O. The lowest BCUT2D eigenvalue weighted by molar-refractivity contribution is -0.153. The summed E-state index contributed by atoms with van der Waals surface area (Å²) in [6.07, 6.45) is 1.80. The van der Waals surface area contributed by atoms with Crippen molar-refractivity contribution < 1.29 is 24.2 Å². The van der Waals surface area contributed by atoms with Crippen molar-refractivity contribution in [3.05, 3.63) is 0 Å². The Morgan fingerprint density at radius 3 is 2.33 bits per heavy atom. The number of carbonyl (C=O) groups excluding carboxylic acids is 2. The Morgan fingerprint density at radius 2 is 1.81 bits per heavy atom. The second kappa shape index (κ2) is 8.00. The van der Waals surface area contributed by atoms with E-state index in [1.54, 1.807) is 6.92 Å². The molecule has 120 valence electrons. The molecule has 0 saturated heterocycles. The maximum absolute atomic E-state index is 12.6.